The molecule has 0 unspecified atom stereocenters. The zero-order valence-electron chi connectivity index (χ0n) is 11.6. The van der Waals surface area contributed by atoms with Gasteiger partial charge in [-0.05, 0) is 24.6 Å². The second kappa shape index (κ2) is 4.90. The molecule has 0 N–H and O–H groups in total. The molecule has 0 aliphatic carbocycles. The maximum atomic E-state index is 10.8. The van der Waals surface area contributed by atoms with Gasteiger partial charge in [-0.25, -0.2) is 4.98 Å². The number of aromatic nitrogens is 2. The van der Waals surface area contributed by atoms with Crippen LogP contribution in [0.5, 0.6) is 5.75 Å². The van der Waals surface area contributed by atoms with E-state index >= 15 is 0 Å². The second-order valence-electron chi connectivity index (χ2n) is 4.69. The summed E-state index contributed by atoms with van der Waals surface area (Å²) in [5.74, 6) is 0.736. The van der Waals surface area contributed by atoms with Gasteiger partial charge in [-0.2, -0.15) is 0 Å². The third kappa shape index (κ3) is 2.20. The maximum absolute atomic E-state index is 10.8. The highest BCUT2D eigenvalue weighted by atomic mass is 16.6. The number of fused-ring (bicyclic) bond motifs is 1. The van der Waals surface area contributed by atoms with Crippen LogP contribution in [0.25, 0.3) is 16.9 Å². The number of pyridine rings is 1. The van der Waals surface area contributed by atoms with Gasteiger partial charge in [-0.3, -0.25) is 14.5 Å². The lowest BCUT2D eigenvalue weighted by atomic mass is 10.1. The lowest BCUT2D eigenvalue weighted by molar-refractivity contribution is -0.384. The molecular formula is C15H13N3O3. The first-order valence-electron chi connectivity index (χ1n) is 6.36. The van der Waals surface area contributed by atoms with Gasteiger partial charge in [0.15, 0.2) is 0 Å². The van der Waals surface area contributed by atoms with Crippen molar-refractivity contribution >= 4 is 11.3 Å². The number of non-ortho nitro benzene ring substituents is 1. The van der Waals surface area contributed by atoms with Crippen LogP contribution < -0.4 is 4.74 Å². The molecule has 106 valence electrons. The van der Waals surface area contributed by atoms with E-state index in [9.17, 15) is 10.1 Å². The molecule has 0 bridgehead atoms. The first kappa shape index (κ1) is 13.1. The molecule has 0 fully saturated rings. The molecule has 1 aromatic carbocycles. The molecule has 0 aliphatic rings. The summed E-state index contributed by atoms with van der Waals surface area (Å²) in [7, 11) is 1.61. The van der Waals surface area contributed by atoms with Crippen molar-refractivity contribution < 1.29 is 9.66 Å². The molecule has 0 atom stereocenters. The van der Waals surface area contributed by atoms with Gasteiger partial charge in [0.1, 0.15) is 11.4 Å². The van der Waals surface area contributed by atoms with E-state index in [2.05, 4.69) is 4.98 Å². The van der Waals surface area contributed by atoms with E-state index in [1.54, 1.807) is 25.4 Å². The molecule has 3 aromatic rings. The van der Waals surface area contributed by atoms with E-state index in [1.807, 2.05) is 29.7 Å². The molecule has 2 heterocycles. The van der Waals surface area contributed by atoms with Gasteiger partial charge in [0, 0.05) is 30.0 Å². The first-order chi connectivity index (χ1) is 10.1. The molecule has 0 saturated heterocycles. The SMILES string of the molecule is COc1ccn2c(-c3ccc([N+](=O)[O-])cc3C)cnc2c1. The first-order valence-corrected chi connectivity index (χ1v) is 6.36. The molecule has 0 saturated carbocycles. The number of nitro groups is 1. The maximum Gasteiger partial charge on any atom is 0.269 e. The Morgan fingerprint density at radius 3 is 2.76 bits per heavy atom. The Morgan fingerprint density at radius 1 is 1.29 bits per heavy atom. The fourth-order valence-electron chi connectivity index (χ4n) is 2.34. The van der Waals surface area contributed by atoms with Crippen molar-refractivity contribution in [3.63, 3.8) is 0 Å². The van der Waals surface area contributed by atoms with E-state index in [-0.39, 0.29) is 5.69 Å². The summed E-state index contributed by atoms with van der Waals surface area (Å²) in [6.07, 6.45) is 3.63. The largest absolute Gasteiger partial charge is 0.497 e. The van der Waals surface area contributed by atoms with E-state index in [4.69, 9.17) is 4.74 Å². The average molecular weight is 283 g/mol. The van der Waals surface area contributed by atoms with Crippen molar-refractivity contribution in [3.05, 3.63) is 58.4 Å². The molecule has 6 nitrogen and oxygen atoms in total. The summed E-state index contributed by atoms with van der Waals surface area (Å²) < 4.78 is 7.10. The molecule has 21 heavy (non-hydrogen) atoms. The highest BCUT2D eigenvalue weighted by Crippen LogP contribution is 2.28. The summed E-state index contributed by atoms with van der Waals surface area (Å²) in [6.45, 7) is 1.85. The number of hydrogen-bond acceptors (Lipinski definition) is 4. The van der Waals surface area contributed by atoms with Crippen LogP contribution in [0.3, 0.4) is 0 Å². The summed E-state index contributed by atoms with van der Waals surface area (Å²) in [6, 6.07) is 8.51. The Kier molecular flexibility index (Phi) is 3.06. The number of benzene rings is 1. The van der Waals surface area contributed by atoms with Gasteiger partial charge in [-0.15, -0.1) is 0 Å². The van der Waals surface area contributed by atoms with Crippen molar-refractivity contribution in [1.82, 2.24) is 9.38 Å². The highest BCUT2D eigenvalue weighted by Gasteiger charge is 2.12. The van der Waals surface area contributed by atoms with Crippen LogP contribution in [0, 0.1) is 17.0 Å². The monoisotopic (exact) mass is 283 g/mol. The zero-order chi connectivity index (χ0) is 15.0. The lowest BCUT2D eigenvalue weighted by Crippen LogP contribution is -1.93. The fraction of sp³-hybridized carbons (Fsp3) is 0.133. The zero-order valence-corrected chi connectivity index (χ0v) is 11.6. The minimum atomic E-state index is -0.393. The van der Waals surface area contributed by atoms with E-state index in [1.165, 1.54) is 6.07 Å². The van der Waals surface area contributed by atoms with Gasteiger partial charge in [0.25, 0.3) is 5.69 Å². The quantitative estimate of drug-likeness (QED) is 0.546. The minimum absolute atomic E-state index is 0.0896. The minimum Gasteiger partial charge on any atom is -0.497 e. The van der Waals surface area contributed by atoms with Crippen LogP contribution in [0.1, 0.15) is 5.56 Å². The Bertz CT molecular complexity index is 839. The van der Waals surface area contributed by atoms with E-state index < -0.39 is 4.92 Å². The van der Waals surface area contributed by atoms with Gasteiger partial charge in [0.2, 0.25) is 0 Å². The lowest BCUT2D eigenvalue weighted by Gasteiger charge is -2.06. The number of hydrogen-bond donors (Lipinski definition) is 0. The van der Waals surface area contributed by atoms with E-state index in [0.717, 1.165) is 28.2 Å². The fourth-order valence-corrected chi connectivity index (χ4v) is 2.34. The molecular weight excluding hydrogens is 270 g/mol. The van der Waals surface area contributed by atoms with Gasteiger partial charge < -0.3 is 4.74 Å². The van der Waals surface area contributed by atoms with Gasteiger partial charge >= 0.3 is 0 Å². The van der Waals surface area contributed by atoms with Crippen LogP contribution in [-0.4, -0.2) is 21.4 Å². The molecule has 2 aromatic heterocycles. The van der Waals surface area contributed by atoms with Crippen LogP contribution in [0.4, 0.5) is 5.69 Å². The molecule has 3 rings (SSSR count). The Balaban J connectivity index is 2.14. The third-order valence-corrected chi connectivity index (χ3v) is 3.42. The summed E-state index contributed by atoms with van der Waals surface area (Å²) >= 11 is 0. The van der Waals surface area contributed by atoms with Crippen molar-refractivity contribution in [1.29, 1.82) is 0 Å². The number of nitrogens with zero attached hydrogens (tertiary/aromatic N) is 3. The average Bonchev–Trinajstić information content (AvgIpc) is 2.89. The van der Waals surface area contributed by atoms with Gasteiger partial charge in [-0.1, -0.05) is 0 Å². The number of nitro benzene ring substituents is 1. The molecule has 0 amide bonds. The number of ether oxygens (including phenoxy) is 1. The third-order valence-electron chi connectivity index (χ3n) is 3.42. The highest BCUT2D eigenvalue weighted by molar-refractivity contribution is 5.69. The molecule has 0 radical (unpaired) electrons. The van der Waals surface area contributed by atoms with Crippen molar-refractivity contribution in [3.8, 4) is 17.0 Å². The molecule has 0 aliphatic heterocycles. The van der Waals surface area contributed by atoms with Gasteiger partial charge in [0.05, 0.1) is 23.9 Å². The summed E-state index contributed by atoms with van der Waals surface area (Å²) in [4.78, 5) is 14.8. The van der Waals surface area contributed by atoms with Crippen LogP contribution in [0.2, 0.25) is 0 Å². The van der Waals surface area contributed by atoms with Crippen molar-refractivity contribution in [2.75, 3.05) is 7.11 Å². The van der Waals surface area contributed by atoms with Crippen LogP contribution in [-0.2, 0) is 0 Å². The number of imidazole rings is 1. The Morgan fingerprint density at radius 2 is 2.10 bits per heavy atom. The summed E-state index contributed by atoms with van der Waals surface area (Å²) in [5.41, 5.74) is 3.49. The van der Waals surface area contributed by atoms with Crippen molar-refractivity contribution in [2.24, 2.45) is 0 Å². The Labute approximate surface area is 120 Å². The van der Waals surface area contributed by atoms with Crippen LogP contribution in [0.15, 0.2) is 42.7 Å². The van der Waals surface area contributed by atoms with E-state index in [0.29, 0.717) is 0 Å². The second-order valence-corrected chi connectivity index (χ2v) is 4.69. The topological polar surface area (TPSA) is 69.7 Å². The molecule has 6 heteroatoms. The van der Waals surface area contributed by atoms with Crippen LogP contribution >= 0.6 is 0 Å². The standard InChI is InChI=1S/C15H13N3O3/c1-10-7-11(18(19)20)3-4-13(10)14-9-16-15-8-12(21-2)5-6-17(14)15/h3-9H,1-2H3. The van der Waals surface area contributed by atoms with Crippen molar-refractivity contribution in [2.45, 2.75) is 6.92 Å². The Hall–Kier alpha value is -2.89. The normalized spacial score (nSPS) is 10.8. The molecule has 0 spiro atoms. The predicted molar refractivity (Wildman–Crippen MR) is 78.6 cm³/mol. The predicted octanol–water partition coefficient (Wildman–Crippen LogP) is 3.23. The number of methoxy groups -OCH3 is 1. The number of rotatable bonds is 3. The summed E-state index contributed by atoms with van der Waals surface area (Å²) in [5, 5.41) is 10.8. The number of aryl methyl sites for hydroxylation is 1. The smallest absolute Gasteiger partial charge is 0.269 e.